The van der Waals surface area contributed by atoms with Gasteiger partial charge in [-0.1, -0.05) is 19.9 Å². The number of aliphatic carboxylic acids is 1. The molecule has 1 saturated carbocycles. The standard InChI is InChI=1S/C13H13FINO3/c1-13(2)8(9(13)12(18)19)11(17)16-7-5-3-4-6(14)10(7)15/h3-5,8-9H,1-2H3,(H,16,17)(H,18,19). The van der Waals surface area contributed by atoms with Crippen LogP contribution in [0.1, 0.15) is 13.8 Å². The number of carbonyl (C=O) groups is 2. The van der Waals surface area contributed by atoms with Crippen LogP contribution in [0.15, 0.2) is 18.2 Å². The van der Waals surface area contributed by atoms with E-state index >= 15 is 0 Å². The molecule has 1 aliphatic carbocycles. The molecule has 0 heterocycles. The van der Waals surface area contributed by atoms with Crippen LogP contribution in [0.3, 0.4) is 0 Å². The fraction of sp³-hybridized carbons (Fsp3) is 0.385. The maximum Gasteiger partial charge on any atom is 0.307 e. The van der Waals surface area contributed by atoms with E-state index in [0.29, 0.717) is 9.26 Å². The van der Waals surface area contributed by atoms with Crippen LogP contribution < -0.4 is 5.32 Å². The third-order valence-electron chi connectivity index (χ3n) is 3.59. The first-order chi connectivity index (χ1) is 8.76. The minimum Gasteiger partial charge on any atom is -0.481 e. The molecule has 0 saturated heterocycles. The Bertz CT molecular complexity index is 559. The molecule has 0 spiro atoms. The van der Waals surface area contributed by atoms with Crippen molar-refractivity contribution in [2.24, 2.45) is 17.3 Å². The second-order valence-electron chi connectivity index (χ2n) is 5.21. The van der Waals surface area contributed by atoms with Crippen molar-refractivity contribution in [3.63, 3.8) is 0 Å². The average Bonchev–Trinajstić information content (AvgIpc) is 2.88. The van der Waals surface area contributed by atoms with E-state index in [1.54, 1.807) is 42.5 Å². The first-order valence-corrected chi connectivity index (χ1v) is 6.82. The summed E-state index contributed by atoms with van der Waals surface area (Å²) in [6, 6.07) is 4.40. The lowest BCUT2D eigenvalue weighted by atomic mass is 10.1. The molecule has 2 unspecified atom stereocenters. The summed E-state index contributed by atoms with van der Waals surface area (Å²) < 4.78 is 13.7. The number of hydrogen-bond acceptors (Lipinski definition) is 2. The van der Waals surface area contributed by atoms with Crippen molar-refractivity contribution in [3.05, 3.63) is 27.6 Å². The van der Waals surface area contributed by atoms with E-state index in [2.05, 4.69) is 5.32 Å². The zero-order valence-electron chi connectivity index (χ0n) is 10.4. The van der Waals surface area contributed by atoms with E-state index in [1.807, 2.05) is 0 Å². The Morgan fingerprint density at radius 3 is 2.53 bits per heavy atom. The van der Waals surface area contributed by atoms with Gasteiger partial charge in [0.1, 0.15) is 5.82 Å². The van der Waals surface area contributed by atoms with E-state index in [1.165, 1.54) is 12.1 Å². The van der Waals surface area contributed by atoms with Crippen LogP contribution in [0.5, 0.6) is 0 Å². The molecule has 2 rings (SSSR count). The molecular formula is C13H13FINO3. The van der Waals surface area contributed by atoms with Crippen molar-refractivity contribution < 1.29 is 19.1 Å². The molecule has 1 aromatic carbocycles. The number of halogens is 2. The first-order valence-electron chi connectivity index (χ1n) is 5.74. The van der Waals surface area contributed by atoms with Crippen molar-refractivity contribution in [3.8, 4) is 0 Å². The van der Waals surface area contributed by atoms with Gasteiger partial charge in [0.15, 0.2) is 0 Å². The second-order valence-corrected chi connectivity index (χ2v) is 6.28. The van der Waals surface area contributed by atoms with Gasteiger partial charge < -0.3 is 10.4 Å². The van der Waals surface area contributed by atoms with Gasteiger partial charge in [0.05, 0.1) is 21.1 Å². The van der Waals surface area contributed by atoms with Crippen molar-refractivity contribution in [2.75, 3.05) is 5.32 Å². The highest BCUT2D eigenvalue weighted by molar-refractivity contribution is 14.1. The zero-order valence-corrected chi connectivity index (χ0v) is 12.6. The second kappa shape index (κ2) is 4.73. The van der Waals surface area contributed by atoms with E-state index in [0.717, 1.165) is 0 Å². The predicted octanol–water partition coefficient (Wildman–Crippen LogP) is 2.73. The smallest absolute Gasteiger partial charge is 0.307 e. The van der Waals surface area contributed by atoms with Gasteiger partial charge in [-0.25, -0.2) is 4.39 Å². The molecule has 1 aliphatic rings. The Morgan fingerprint density at radius 2 is 2.00 bits per heavy atom. The molecule has 1 aromatic rings. The summed E-state index contributed by atoms with van der Waals surface area (Å²) in [7, 11) is 0. The Balaban J connectivity index is 2.15. The van der Waals surface area contributed by atoms with Gasteiger partial charge >= 0.3 is 5.97 Å². The molecule has 6 heteroatoms. The summed E-state index contributed by atoms with van der Waals surface area (Å²) in [5.41, 5.74) is -0.188. The summed E-state index contributed by atoms with van der Waals surface area (Å²) >= 11 is 1.80. The topological polar surface area (TPSA) is 66.4 Å². The number of nitrogens with one attached hydrogen (secondary N) is 1. The van der Waals surface area contributed by atoms with Crippen molar-refractivity contribution in [1.29, 1.82) is 0 Å². The van der Waals surface area contributed by atoms with Gasteiger partial charge in [-0.3, -0.25) is 9.59 Å². The monoisotopic (exact) mass is 377 g/mol. The summed E-state index contributed by atoms with van der Waals surface area (Å²) in [6.45, 7) is 3.49. The Hall–Kier alpha value is -1.18. The number of amides is 1. The fourth-order valence-electron chi connectivity index (χ4n) is 2.40. The Kier molecular flexibility index (Phi) is 3.55. The maximum absolute atomic E-state index is 13.4. The van der Waals surface area contributed by atoms with Gasteiger partial charge in [-0.2, -0.15) is 0 Å². The van der Waals surface area contributed by atoms with Crippen LogP contribution in [0, 0.1) is 26.6 Å². The lowest BCUT2D eigenvalue weighted by Gasteiger charge is -2.08. The lowest BCUT2D eigenvalue weighted by molar-refractivity contribution is -0.140. The van der Waals surface area contributed by atoms with Crippen LogP contribution in [-0.2, 0) is 9.59 Å². The van der Waals surface area contributed by atoms with E-state index in [9.17, 15) is 14.0 Å². The highest BCUT2D eigenvalue weighted by atomic mass is 127. The molecular weight excluding hydrogens is 364 g/mol. The highest BCUT2D eigenvalue weighted by Crippen LogP contribution is 2.58. The molecule has 19 heavy (non-hydrogen) atoms. The van der Waals surface area contributed by atoms with E-state index in [-0.39, 0.29) is 5.91 Å². The molecule has 2 N–H and O–H groups in total. The van der Waals surface area contributed by atoms with Gasteiger partial charge in [0.2, 0.25) is 5.91 Å². The summed E-state index contributed by atoms with van der Waals surface area (Å²) in [5.74, 6) is -3.02. The van der Waals surface area contributed by atoms with Crippen LogP contribution in [-0.4, -0.2) is 17.0 Å². The number of carbonyl (C=O) groups excluding carboxylic acids is 1. The molecule has 1 fully saturated rings. The number of carboxylic acids is 1. The normalized spacial score (nSPS) is 23.8. The van der Waals surface area contributed by atoms with Crippen LogP contribution in [0.25, 0.3) is 0 Å². The third-order valence-corrected chi connectivity index (χ3v) is 4.68. The van der Waals surface area contributed by atoms with Gasteiger partial charge in [0.25, 0.3) is 0 Å². The maximum atomic E-state index is 13.4. The van der Waals surface area contributed by atoms with Gasteiger partial charge in [0, 0.05) is 0 Å². The molecule has 1 amide bonds. The van der Waals surface area contributed by atoms with Gasteiger partial charge in [-0.05, 0) is 40.1 Å². The van der Waals surface area contributed by atoms with Crippen molar-refractivity contribution >= 4 is 40.2 Å². The fourth-order valence-corrected chi connectivity index (χ4v) is 2.89. The molecule has 0 radical (unpaired) electrons. The molecule has 0 aliphatic heterocycles. The van der Waals surface area contributed by atoms with Crippen LogP contribution in [0.4, 0.5) is 10.1 Å². The molecule has 0 bridgehead atoms. The van der Waals surface area contributed by atoms with Crippen molar-refractivity contribution in [1.82, 2.24) is 0 Å². The number of rotatable bonds is 3. The van der Waals surface area contributed by atoms with E-state index < -0.39 is 29.0 Å². The predicted molar refractivity (Wildman–Crippen MR) is 76.1 cm³/mol. The number of hydrogen-bond donors (Lipinski definition) is 2. The minimum atomic E-state index is -0.973. The number of anilines is 1. The average molecular weight is 377 g/mol. The quantitative estimate of drug-likeness (QED) is 0.797. The van der Waals surface area contributed by atoms with Crippen LogP contribution >= 0.6 is 22.6 Å². The Morgan fingerprint density at radius 1 is 1.37 bits per heavy atom. The molecule has 2 atom stereocenters. The molecule has 0 aromatic heterocycles. The summed E-state index contributed by atoms with van der Waals surface area (Å²) in [5, 5.41) is 11.6. The largest absolute Gasteiger partial charge is 0.481 e. The van der Waals surface area contributed by atoms with Gasteiger partial charge in [-0.15, -0.1) is 0 Å². The first kappa shape index (κ1) is 14.2. The SMILES string of the molecule is CC1(C)C(C(=O)O)C1C(=O)Nc1cccc(F)c1I. The summed E-state index contributed by atoms with van der Waals surface area (Å²) in [6.07, 6.45) is 0. The lowest BCUT2D eigenvalue weighted by Crippen LogP contribution is -2.18. The minimum absolute atomic E-state index is 0.318. The highest BCUT2D eigenvalue weighted by Gasteiger charge is 2.65. The zero-order chi connectivity index (χ0) is 14.4. The number of benzene rings is 1. The number of carboxylic acid groups (broad SMARTS) is 1. The molecule has 102 valence electrons. The third kappa shape index (κ3) is 2.45. The summed E-state index contributed by atoms with van der Waals surface area (Å²) in [4.78, 5) is 23.1. The van der Waals surface area contributed by atoms with Crippen LogP contribution in [0.2, 0.25) is 0 Å². The van der Waals surface area contributed by atoms with E-state index in [4.69, 9.17) is 5.11 Å². The molecule has 4 nitrogen and oxygen atoms in total. The Labute approximate surface area is 123 Å². The van der Waals surface area contributed by atoms with Crippen molar-refractivity contribution in [2.45, 2.75) is 13.8 Å².